The van der Waals surface area contributed by atoms with Gasteiger partial charge in [-0.15, -0.1) is 0 Å². The lowest BCUT2D eigenvalue weighted by Crippen LogP contribution is -2.52. The zero-order valence-electron chi connectivity index (χ0n) is 11.1. The molecule has 3 heteroatoms. The quantitative estimate of drug-likeness (QED) is 0.820. The number of hydrogen-bond donors (Lipinski definition) is 1. The molecule has 1 aliphatic carbocycles. The molecule has 3 nitrogen and oxygen atoms in total. The number of carbonyl (C=O) groups excluding carboxylic acids is 1. The lowest BCUT2D eigenvalue weighted by Gasteiger charge is -2.41. The largest absolute Gasteiger partial charge is 0.338 e. The zero-order valence-corrected chi connectivity index (χ0v) is 11.1. The number of nitrogens with two attached hydrogens (primary N) is 1. The maximum absolute atomic E-state index is 12.8. The number of likely N-dealkylation sites (tertiary alicyclic amines) is 1. The summed E-state index contributed by atoms with van der Waals surface area (Å²) >= 11 is 0. The van der Waals surface area contributed by atoms with Crippen molar-refractivity contribution in [3.63, 3.8) is 0 Å². The Balaban J connectivity index is 2.11. The first-order valence-corrected chi connectivity index (χ1v) is 7.24. The summed E-state index contributed by atoms with van der Waals surface area (Å²) in [5.41, 5.74) is 5.78. The molecule has 2 fully saturated rings. The molecule has 1 unspecified atom stereocenters. The van der Waals surface area contributed by atoms with Gasteiger partial charge in [-0.3, -0.25) is 4.79 Å². The third kappa shape index (κ3) is 2.35. The lowest BCUT2D eigenvalue weighted by atomic mass is 9.81. The van der Waals surface area contributed by atoms with Crippen LogP contribution in [0.5, 0.6) is 0 Å². The Hall–Kier alpha value is -0.570. The fourth-order valence-corrected chi connectivity index (χ4v) is 3.59. The first-order valence-electron chi connectivity index (χ1n) is 7.24. The van der Waals surface area contributed by atoms with E-state index in [1.165, 1.54) is 19.3 Å². The molecule has 0 aromatic heterocycles. The fourth-order valence-electron chi connectivity index (χ4n) is 3.59. The monoisotopic (exact) mass is 238 g/mol. The van der Waals surface area contributed by atoms with E-state index in [-0.39, 0.29) is 5.41 Å². The van der Waals surface area contributed by atoms with Gasteiger partial charge in [0.2, 0.25) is 5.91 Å². The van der Waals surface area contributed by atoms with Crippen LogP contribution < -0.4 is 5.73 Å². The van der Waals surface area contributed by atoms with Gasteiger partial charge in [0.15, 0.2) is 0 Å². The number of amides is 1. The van der Waals surface area contributed by atoms with Gasteiger partial charge in [0.1, 0.15) is 0 Å². The smallest absolute Gasteiger partial charge is 0.229 e. The highest BCUT2D eigenvalue weighted by molar-refractivity contribution is 5.83. The molecule has 1 aliphatic heterocycles. The Morgan fingerprint density at radius 1 is 1.29 bits per heavy atom. The van der Waals surface area contributed by atoms with E-state index in [1.807, 2.05) is 0 Å². The molecule has 1 saturated carbocycles. The predicted molar refractivity (Wildman–Crippen MR) is 69.6 cm³/mol. The van der Waals surface area contributed by atoms with Gasteiger partial charge in [0, 0.05) is 24.5 Å². The van der Waals surface area contributed by atoms with Crippen LogP contribution in [0.1, 0.15) is 58.3 Å². The van der Waals surface area contributed by atoms with E-state index in [0.717, 1.165) is 38.6 Å². The summed E-state index contributed by atoms with van der Waals surface area (Å²) in [5.74, 6) is 0.410. The van der Waals surface area contributed by atoms with Crippen LogP contribution in [0.3, 0.4) is 0 Å². The number of carbonyl (C=O) groups is 1. The molecule has 17 heavy (non-hydrogen) atoms. The first-order chi connectivity index (χ1) is 8.23. The van der Waals surface area contributed by atoms with Crippen molar-refractivity contribution >= 4 is 5.91 Å². The molecule has 0 bridgehead atoms. The molecule has 2 aliphatic rings. The molecule has 2 rings (SSSR count). The van der Waals surface area contributed by atoms with Crippen LogP contribution in [0.2, 0.25) is 0 Å². The maximum atomic E-state index is 12.8. The highest BCUT2D eigenvalue weighted by atomic mass is 16.2. The maximum Gasteiger partial charge on any atom is 0.229 e. The molecule has 0 spiro atoms. The summed E-state index contributed by atoms with van der Waals surface area (Å²) in [6.07, 6.45) is 9.11. The SMILES string of the molecule is CCC1(C(=O)N2CCCCC2CN)CCCC1. The molecular weight excluding hydrogens is 212 g/mol. The average molecular weight is 238 g/mol. The second-order valence-electron chi connectivity index (χ2n) is 5.72. The Bertz CT molecular complexity index is 271. The van der Waals surface area contributed by atoms with Gasteiger partial charge in [0.25, 0.3) is 0 Å². The third-order valence-corrected chi connectivity index (χ3v) is 4.85. The molecule has 0 aromatic rings. The van der Waals surface area contributed by atoms with Crippen molar-refractivity contribution in [1.82, 2.24) is 4.90 Å². The summed E-state index contributed by atoms with van der Waals surface area (Å²) in [6, 6.07) is 0.306. The number of hydrogen-bond acceptors (Lipinski definition) is 2. The standard InChI is InChI=1S/C14H26N2O/c1-2-14(8-4-5-9-14)13(17)16-10-6-3-7-12(16)11-15/h12H,2-11,15H2,1H3. The van der Waals surface area contributed by atoms with Crippen LogP contribution in [-0.2, 0) is 4.79 Å². The topological polar surface area (TPSA) is 46.3 Å². The van der Waals surface area contributed by atoms with Gasteiger partial charge >= 0.3 is 0 Å². The second kappa shape index (κ2) is 5.38. The summed E-state index contributed by atoms with van der Waals surface area (Å²) in [7, 11) is 0. The minimum absolute atomic E-state index is 0.0369. The van der Waals surface area contributed by atoms with Crippen LogP contribution in [-0.4, -0.2) is 29.9 Å². The summed E-state index contributed by atoms with van der Waals surface area (Å²) in [4.78, 5) is 14.9. The van der Waals surface area contributed by atoms with E-state index < -0.39 is 0 Å². The number of rotatable bonds is 3. The number of piperidine rings is 1. The van der Waals surface area contributed by atoms with Crippen LogP contribution in [0.4, 0.5) is 0 Å². The van der Waals surface area contributed by atoms with E-state index in [0.29, 0.717) is 18.5 Å². The summed E-state index contributed by atoms with van der Waals surface area (Å²) in [6.45, 7) is 3.73. The van der Waals surface area contributed by atoms with Crippen molar-refractivity contribution in [3.05, 3.63) is 0 Å². The van der Waals surface area contributed by atoms with Crippen molar-refractivity contribution in [2.75, 3.05) is 13.1 Å². The van der Waals surface area contributed by atoms with Gasteiger partial charge in [-0.05, 0) is 38.5 Å². The zero-order chi connectivity index (χ0) is 12.3. The predicted octanol–water partition coefficient (Wildman–Crippen LogP) is 2.30. The Morgan fingerprint density at radius 2 is 2.00 bits per heavy atom. The molecular formula is C14H26N2O. The molecule has 1 amide bonds. The van der Waals surface area contributed by atoms with Crippen molar-refractivity contribution in [2.45, 2.75) is 64.3 Å². The second-order valence-corrected chi connectivity index (χ2v) is 5.72. The minimum Gasteiger partial charge on any atom is -0.338 e. The van der Waals surface area contributed by atoms with Crippen LogP contribution >= 0.6 is 0 Å². The van der Waals surface area contributed by atoms with E-state index in [9.17, 15) is 4.79 Å². The van der Waals surface area contributed by atoms with Crippen molar-refractivity contribution in [3.8, 4) is 0 Å². The Morgan fingerprint density at radius 3 is 2.59 bits per heavy atom. The molecule has 0 aromatic carbocycles. The molecule has 1 heterocycles. The van der Waals surface area contributed by atoms with Crippen molar-refractivity contribution in [2.24, 2.45) is 11.1 Å². The summed E-state index contributed by atoms with van der Waals surface area (Å²) in [5, 5.41) is 0. The van der Waals surface area contributed by atoms with Crippen LogP contribution in [0.25, 0.3) is 0 Å². The molecule has 1 saturated heterocycles. The van der Waals surface area contributed by atoms with Gasteiger partial charge in [0.05, 0.1) is 0 Å². The molecule has 1 atom stereocenters. The van der Waals surface area contributed by atoms with E-state index in [2.05, 4.69) is 11.8 Å². The minimum atomic E-state index is -0.0369. The van der Waals surface area contributed by atoms with Gasteiger partial charge < -0.3 is 10.6 Å². The van der Waals surface area contributed by atoms with E-state index in [1.54, 1.807) is 0 Å². The van der Waals surface area contributed by atoms with E-state index >= 15 is 0 Å². The normalized spacial score (nSPS) is 28.4. The third-order valence-electron chi connectivity index (χ3n) is 4.85. The highest BCUT2D eigenvalue weighted by Gasteiger charge is 2.43. The molecule has 0 radical (unpaired) electrons. The van der Waals surface area contributed by atoms with Crippen LogP contribution in [0.15, 0.2) is 0 Å². The van der Waals surface area contributed by atoms with Gasteiger partial charge in [-0.1, -0.05) is 19.8 Å². The summed E-state index contributed by atoms with van der Waals surface area (Å²) < 4.78 is 0. The van der Waals surface area contributed by atoms with Crippen LogP contribution in [0, 0.1) is 5.41 Å². The van der Waals surface area contributed by atoms with Gasteiger partial charge in [-0.2, -0.15) is 0 Å². The molecule has 98 valence electrons. The van der Waals surface area contributed by atoms with Gasteiger partial charge in [-0.25, -0.2) is 0 Å². The lowest BCUT2D eigenvalue weighted by molar-refractivity contribution is -0.145. The average Bonchev–Trinajstić information content (AvgIpc) is 2.88. The Labute approximate surface area is 105 Å². The van der Waals surface area contributed by atoms with E-state index in [4.69, 9.17) is 5.73 Å². The first kappa shape index (κ1) is 12.9. The molecule has 2 N–H and O–H groups in total. The number of nitrogens with zero attached hydrogens (tertiary/aromatic N) is 1. The Kier molecular flexibility index (Phi) is 4.08. The highest BCUT2D eigenvalue weighted by Crippen LogP contribution is 2.43. The fraction of sp³-hybridized carbons (Fsp3) is 0.929. The van der Waals surface area contributed by atoms with Crippen molar-refractivity contribution in [1.29, 1.82) is 0 Å². The van der Waals surface area contributed by atoms with Crippen molar-refractivity contribution < 1.29 is 4.79 Å².